The average molecular weight is 150 g/mol. The summed E-state index contributed by atoms with van der Waals surface area (Å²) in [5.74, 6) is 0. The van der Waals surface area contributed by atoms with Crippen LogP contribution < -0.4 is 5.32 Å². The summed E-state index contributed by atoms with van der Waals surface area (Å²) in [6.07, 6.45) is 5.39. The van der Waals surface area contributed by atoms with Gasteiger partial charge in [-0.15, -0.1) is 0 Å². The zero-order valence-corrected chi connectivity index (χ0v) is 5.25. The van der Waals surface area contributed by atoms with Crippen molar-refractivity contribution in [2.75, 3.05) is 0 Å². The van der Waals surface area contributed by atoms with Gasteiger partial charge in [0.2, 0.25) is 0 Å². The lowest BCUT2D eigenvalue weighted by atomic mass is 11.0. The first kappa shape index (κ1) is 8.44. The van der Waals surface area contributed by atoms with E-state index in [2.05, 4.69) is 4.99 Å². The monoisotopic (exact) mass is 150 g/mol. The second-order valence-electron chi connectivity index (χ2n) is 1.05. The van der Waals surface area contributed by atoms with Crippen molar-refractivity contribution in [1.29, 1.82) is 0 Å². The van der Waals surface area contributed by atoms with Crippen molar-refractivity contribution in [2.45, 2.75) is 0 Å². The number of nitrogens with two attached hydrogens (primary N) is 1. The van der Waals surface area contributed by atoms with Crippen LogP contribution >= 0.6 is 0 Å². The van der Waals surface area contributed by atoms with Gasteiger partial charge in [-0.2, -0.15) is 0 Å². The van der Waals surface area contributed by atoms with Crippen molar-refractivity contribution in [3.05, 3.63) is 12.4 Å². The molecule has 5 nitrogen and oxygen atoms in total. The molecule has 0 amide bonds. The molecule has 52 valence electrons. The minimum atomic E-state index is -2.86. The minimum Gasteiger partial charge on any atom is -0.750 e. The highest BCUT2D eigenvalue weighted by atomic mass is 32.2. The Labute approximate surface area is 54.6 Å². The molecule has 1 heterocycles. The van der Waals surface area contributed by atoms with Crippen molar-refractivity contribution < 1.29 is 18.6 Å². The molecule has 1 aliphatic heterocycles. The summed E-state index contributed by atoms with van der Waals surface area (Å²) in [5.41, 5.74) is 0. The minimum absolute atomic E-state index is 1.75. The Hall–Kier alpha value is -0.560. The quantitative estimate of drug-likeness (QED) is 0.407. The number of hydrogen-bond donors (Lipinski definition) is 2. The molecule has 1 aliphatic rings. The van der Waals surface area contributed by atoms with Gasteiger partial charge in [0.1, 0.15) is 6.20 Å². The maximum atomic E-state index is 8.56. The Kier molecular flexibility index (Phi) is 5.23. The maximum absolute atomic E-state index is 8.56. The van der Waals surface area contributed by atoms with Crippen LogP contribution in [0.4, 0.5) is 0 Å². The van der Waals surface area contributed by atoms with Crippen LogP contribution in [0.1, 0.15) is 0 Å². The zero-order valence-electron chi connectivity index (χ0n) is 4.43. The van der Waals surface area contributed by atoms with Crippen LogP contribution in [-0.4, -0.2) is 19.7 Å². The van der Waals surface area contributed by atoms with Crippen molar-refractivity contribution in [2.24, 2.45) is 4.99 Å². The van der Waals surface area contributed by atoms with E-state index in [1.165, 1.54) is 0 Å². The highest BCUT2D eigenvalue weighted by Gasteiger charge is 1.76. The van der Waals surface area contributed by atoms with Gasteiger partial charge in [-0.3, -0.25) is 5.32 Å². The molecule has 0 aromatic rings. The smallest absolute Gasteiger partial charge is 0.191 e. The summed E-state index contributed by atoms with van der Waals surface area (Å²) in [6, 6.07) is 0. The van der Waals surface area contributed by atoms with Crippen LogP contribution in [-0.2, 0) is 11.4 Å². The summed E-state index contributed by atoms with van der Waals surface area (Å²) in [7, 11) is 0. The first-order valence-corrected chi connectivity index (χ1v) is 3.06. The lowest BCUT2D eigenvalue weighted by molar-refractivity contribution is -0.447. The third-order valence-electron chi connectivity index (χ3n) is 0.455. The first-order valence-electron chi connectivity index (χ1n) is 2.03. The Balaban J connectivity index is 0.000000148. The van der Waals surface area contributed by atoms with Crippen LogP contribution in [0.5, 0.6) is 0 Å². The van der Waals surface area contributed by atoms with E-state index in [4.69, 9.17) is 13.3 Å². The van der Waals surface area contributed by atoms with Gasteiger partial charge in [0, 0.05) is 0 Å². The van der Waals surface area contributed by atoms with Crippen LogP contribution in [0.25, 0.3) is 0 Å². The fourth-order valence-electron chi connectivity index (χ4n) is 0.248. The molecule has 1 unspecified atom stereocenters. The zero-order chi connectivity index (χ0) is 7.11. The van der Waals surface area contributed by atoms with Crippen LogP contribution in [0, 0.1) is 0 Å². The molecule has 0 aliphatic carbocycles. The summed E-state index contributed by atoms with van der Waals surface area (Å²) in [4.78, 5) is 3.72. The van der Waals surface area contributed by atoms with Gasteiger partial charge in [0.15, 0.2) is 6.34 Å². The number of aliphatic imine (C=N–C) groups is 1. The summed E-state index contributed by atoms with van der Waals surface area (Å²) < 4.78 is 24.1. The molecule has 0 aromatic carbocycles. The van der Waals surface area contributed by atoms with Gasteiger partial charge in [0.25, 0.3) is 0 Å². The molecule has 0 aromatic heterocycles. The Morgan fingerprint density at radius 3 is 2.44 bits per heavy atom. The molecule has 9 heavy (non-hydrogen) atoms. The van der Waals surface area contributed by atoms with Gasteiger partial charge in [0.05, 0.1) is 17.6 Å². The van der Waals surface area contributed by atoms with E-state index in [9.17, 15) is 0 Å². The molecule has 0 spiro atoms. The average Bonchev–Trinajstić information content (AvgIpc) is 2.11. The third kappa shape index (κ3) is 11.2. The molecular weight excluding hydrogens is 144 g/mol. The van der Waals surface area contributed by atoms with E-state index in [1.54, 1.807) is 12.5 Å². The van der Waals surface area contributed by atoms with Crippen molar-refractivity contribution in [1.82, 2.24) is 0 Å². The predicted molar refractivity (Wildman–Crippen MR) is 31.1 cm³/mol. The topological polar surface area (TPSA) is 89.3 Å². The molecule has 6 heteroatoms. The Bertz CT molecular complexity index is 130. The standard InChI is InChI=1S/C3H4N2.H2O3S/c1-2-5-3-4-1;1-4(2)3/h1-3H,(H,4,5);(H2,1,2,3). The molecule has 1 atom stereocenters. The maximum Gasteiger partial charge on any atom is 0.191 e. The highest BCUT2D eigenvalue weighted by molar-refractivity contribution is 7.73. The fraction of sp³-hybridized carbons (Fsp3) is 0. The molecule has 0 bridgehead atoms. The first-order chi connectivity index (χ1) is 4.23. The van der Waals surface area contributed by atoms with Crippen molar-refractivity contribution in [3.63, 3.8) is 0 Å². The number of rotatable bonds is 0. The van der Waals surface area contributed by atoms with Gasteiger partial charge < -0.3 is 9.11 Å². The van der Waals surface area contributed by atoms with Gasteiger partial charge in [-0.1, -0.05) is 0 Å². The van der Waals surface area contributed by atoms with Crippen molar-refractivity contribution in [3.8, 4) is 0 Å². The summed E-state index contributed by atoms with van der Waals surface area (Å²) >= 11 is -2.86. The fourth-order valence-corrected chi connectivity index (χ4v) is 0.248. The van der Waals surface area contributed by atoms with Gasteiger partial charge in [-0.25, -0.2) is 9.20 Å². The van der Waals surface area contributed by atoms with Gasteiger partial charge in [-0.05, 0) is 0 Å². The van der Waals surface area contributed by atoms with E-state index < -0.39 is 11.4 Å². The largest absolute Gasteiger partial charge is 0.750 e. The number of nitrogens with zero attached hydrogens (tertiary/aromatic N) is 1. The second-order valence-corrected chi connectivity index (χ2v) is 1.48. The van der Waals surface area contributed by atoms with E-state index in [1.807, 2.05) is 11.5 Å². The molecule has 0 fully saturated rings. The van der Waals surface area contributed by atoms with Crippen molar-refractivity contribution >= 4 is 17.7 Å². The van der Waals surface area contributed by atoms with Crippen LogP contribution in [0.3, 0.4) is 0 Å². The van der Waals surface area contributed by atoms with E-state index >= 15 is 0 Å². The lowest BCUT2D eigenvalue weighted by Crippen LogP contribution is -2.74. The van der Waals surface area contributed by atoms with Crippen LogP contribution in [0.15, 0.2) is 17.4 Å². The molecule has 1 rings (SSSR count). The number of hydrogen-bond acceptors (Lipinski definition) is 3. The molecule has 3 N–H and O–H groups in total. The molecule has 0 saturated heterocycles. The van der Waals surface area contributed by atoms with E-state index in [-0.39, 0.29) is 0 Å². The Morgan fingerprint density at radius 2 is 2.33 bits per heavy atom. The van der Waals surface area contributed by atoms with Gasteiger partial charge >= 0.3 is 0 Å². The molecule has 0 saturated carbocycles. The highest BCUT2D eigenvalue weighted by Crippen LogP contribution is 1.63. The normalized spacial score (nSPS) is 16.7. The van der Waals surface area contributed by atoms with E-state index in [0.29, 0.717) is 0 Å². The Morgan fingerprint density at radius 1 is 1.78 bits per heavy atom. The lowest BCUT2D eigenvalue weighted by Gasteiger charge is -1.83. The predicted octanol–water partition coefficient (Wildman–Crippen LogP) is -1.60. The summed E-state index contributed by atoms with van der Waals surface area (Å²) in [5, 5.41) is 1.89. The SMILES string of the molecule is C1=C[NH2+]C=N1.O=S([O-])O. The number of quaternary nitrogens is 1. The van der Waals surface area contributed by atoms with Crippen LogP contribution in [0.2, 0.25) is 0 Å². The van der Waals surface area contributed by atoms with E-state index in [0.717, 1.165) is 0 Å². The summed E-state index contributed by atoms with van der Waals surface area (Å²) in [6.45, 7) is 0. The second kappa shape index (κ2) is 5.57. The molecular formula is C3H6N2O3S. The molecule has 0 radical (unpaired) electrons. The third-order valence-corrected chi connectivity index (χ3v) is 0.455.